The Balaban J connectivity index is 1.41. The Kier molecular flexibility index (Phi) is 6.16. The van der Waals surface area contributed by atoms with E-state index in [1.165, 1.54) is 16.0 Å². The number of aromatic nitrogens is 2. The van der Waals surface area contributed by atoms with Gasteiger partial charge in [-0.2, -0.15) is 0 Å². The molecule has 1 aromatic heterocycles. The van der Waals surface area contributed by atoms with E-state index in [0.29, 0.717) is 59.0 Å². The van der Waals surface area contributed by atoms with Gasteiger partial charge in [-0.05, 0) is 43.8 Å². The summed E-state index contributed by atoms with van der Waals surface area (Å²) in [7, 11) is 0. The average molecular weight is 485 g/mol. The van der Waals surface area contributed by atoms with Crippen LogP contribution in [0.2, 0.25) is 0 Å². The zero-order valence-corrected chi connectivity index (χ0v) is 19.5. The Morgan fingerprint density at radius 3 is 1.81 bits per heavy atom. The SMILES string of the molecule is C=N/C=C\NCCCN1C(=O)c2ccc3c4c(ccc(c24)C1=O)C(=O)N(CCCn1ccnc1)C3=O. The first-order valence-electron chi connectivity index (χ1n) is 11.6. The van der Waals surface area contributed by atoms with Crippen molar-refractivity contribution in [3.05, 3.63) is 77.6 Å². The highest BCUT2D eigenvalue weighted by Gasteiger charge is 2.39. The van der Waals surface area contributed by atoms with Gasteiger partial charge in [0.05, 0.1) is 6.33 Å². The van der Waals surface area contributed by atoms with Gasteiger partial charge in [-0.15, -0.1) is 0 Å². The molecule has 0 spiro atoms. The van der Waals surface area contributed by atoms with E-state index in [0.717, 1.165) is 0 Å². The molecular formula is C26H24N6O4. The van der Waals surface area contributed by atoms with Gasteiger partial charge in [0.2, 0.25) is 0 Å². The maximum atomic E-state index is 13.3. The second kappa shape index (κ2) is 9.57. The van der Waals surface area contributed by atoms with Crippen LogP contribution in [0.4, 0.5) is 0 Å². The summed E-state index contributed by atoms with van der Waals surface area (Å²) in [4.78, 5) is 63.1. The van der Waals surface area contributed by atoms with Gasteiger partial charge in [-0.1, -0.05) is 0 Å². The van der Waals surface area contributed by atoms with Crippen molar-refractivity contribution >= 4 is 41.1 Å². The molecule has 0 unspecified atom stereocenters. The normalized spacial score (nSPS) is 14.9. The molecule has 2 aliphatic rings. The molecule has 36 heavy (non-hydrogen) atoms. The summed E-state index contributed by atoms with van der Waals surface area (Å²) in [6.45, 7) is 4.99. The molecule has 0 saturated heterocycles. The molecular weight excluding hydrogens is 460 g/mol. The lowest BCUT2D eigenvalue weighted by Crippen LogP contribution is -2.44. The van der Waals surface area contributed by atoms with Gasteiger partial charge < -0.3 is 9.88 Å². The molecule has 0 saturated carbocycles. The first kappa shape index (κ1) is 23.2. The molecule has 0 bridgehead atoms. The molecule has 0 radical (unpaired) electrons. The molecule has 0 fully saturated rings. The van der Waals surface area contributed by atoms with Crippen LogP contribution < -0.4 is 5.32 Å². The molecule has 3 aromatic rings. The summed E-state index contributed by atoms with van der Waals surface area (Å²) in [6.07, 6.45) is 9.44. The van der Waals surface area contributed by atoms with Crippen LogP contribution in [0.25, 0.3) is 10.8 Å². The van der Waals surface area contributed by atoms with Crippen LogP contribution in [-0.4, -0.2) is 69.3 Å². The van der Waals surface area contributed by atoms with Crippen LogP contribution in [0.3, 0.4) is 0 Å². The molecule has 0 aliphatic carbocycles. The van der Waals surface area contributed by atoms with E-state index in [2.05, 4.69) is 22.0 Å². The minimum atomic E-state index is -0.429. The van der Waals surface area contributed by atoms with Gasteiger partial charge in [0.1, 0.15) is 0 Å². The minimum absolute atomic E-state index is 0.229. The number of nitrogens with zero attached hydrogens (tertiary/aromatic N) is 5. The Morgan fingerprint density at radius 2 is 1.33 bits per heavy atom. The number of aliphatic imine (C=N–C) groups is 1. The second-order valence-corrected chi connectivity index (χ2v) is 8.56. The van der Waals surface area contributed by atoms with Crippen molar-refractivity contribution in [1.82, 2.24) is 24.7 Å². The largest absolute Gasteiger partial charge is 0.390 e. The quantitative estimate of drug-likeness (QED) is 0.268. The lowest BCUT2D eigenvalue weighted by atomic mass is 9.86. The van der Waals surface area contributed by atoms with Gasteiger partial charge in [0, 0.05) is 84.0 Å². The highest BCUT2D eigenvalue weighted by molar-refractivity contribution is 6.33. The van der Waals surface area contributed by atoms with E-state index in [-0.39, 0.29) is 13.1 Å². The third kappa shape index (κ3) is 3.86. The molecule has 4 amide bonds. The third-order valence-electron chi connectivity index (χ3n) is 6.42. The summed E-state index contributed by atoms with van der Waals surface area (Å²) < 4.78 is 1.88. The zero-order chi connectivity index (χ0) is 25.2. The summed E-state index contributed by atoms with van der Waals surface area (Å²) in [5.41, 5.74) is 1.30. The molecule has 3 heterocycles. The molecule has 1 N–H and O–H groups in total. The number of imide groups is 2. The highest BCUT2D eigenvalue weighted by atomic mass is 16.2. The predicted octanol–water partition coefficient (Wildman–Crippen LogP) is 2.47. The van der Waals surface area contributed by atoms with Crippen LogP contribution in [0.5, 0.6) is 0 Å². The van der Waals surface area contributed by atoms with Crippen molar-refractivity contribution in [3.8, 4) is 0 Å². The van der Waals surface area contributed by atoms with Gasteiger partial charge in [0.15, 0.2) is 0 Å². The number of aryl methyl sites for hydroxylation is 1. The average Bonchev–Trinajstić information content (AvgIpc) is 3.40. The maximum Gasteiger partial charge on any atom is 0.261 e. The van der Waals surface area contributed by atoms with Crippen molar-refractivity contribution in [2.75, 3.05) is 19.6 Å². The van der Waals surface area contributed by atoms with Gasteiger partial charge >= 0.3 is 0 Å². The van der Waals surface area contributed by atoms with Crippen LogP contribution in [0.15, 0.2) is 60.4 Å². The third-order valence-corrected chi connectivity index (χ3v) is 6.42. The number of imidazole rings is 1. The molecule has 5 rings (SSSR count). The lowest BCUT2D eigenvalue weighted by Gasteiger charge is -2.32. The first-order valence-corrected chi connectivity index (χ1v) is 11.6. The molecule has 10 heteroatoms. The number of rotatable bonds is 10. The fraction of sp³-hybridized carbons (Fsp3) is 0.231. The van der Waals surface area contributed by atoms with Crippen molar-refractivity contribution < 1.29 is 19.2 Å². The molecule has 0 atom stereocenters. The van der Waals surface area contributed by atoms with E-state index in [1.54, 1.807) is 43.0 Å². The molecule has 182 valence electrons. The van der Waals surface area contributed by atoms with E-state index < -0.39 is 23.6 Å². The second-order valence-electron chi connectivity index (χ2n) is 8.56. The van der Waals surface area contributed by atoms with Crippen LogP contribution in [-0.2, 0) is 6.54 Å². The number of benzene rings is 2. The first-order chi connectivity index (χ1) is 17.5. The van der Waals surface area contributed by atoms with Gasteiger partial charge in [-0.25, -0.2) is 4.98 Å². The van der Waals surface area contributed by atoms with Crippen LogP contribution in [0, 0.1) is 0 Å². The molecule has 2 aromatic carbocycles. The van der Waals surface area contributed by atoms with Crippen molar-refractivity contribution in [3.63, 3.8) is 0 Å². The summed E-state index contributed by atoms with van der Waals surface area (Å²) in [5.74, 6) is -1.70. The smallest absolute Gasteiger partial charge is 0.261 e. The number of hydrogen-bond donors (Lipinski definition) is 1. The van der Waals surface area contributed by atoms with E-state index in [9.17, 15) is 19.2 Å². The number of nitrogens with one attached hydrogen (secondary N) is 1. The van der Waals surface area contributed by atoms with Gasteiger partial charge in [0.25, 0.3) is 23.6 Å². The summed E-state index contributed by atoms with van der Waals surface area (Å²) >= 11 is 0. The Labute approximate surface area is 206 Å². The summed E-state index contributed by atoms with van der Waals surface area (Å²) in [6, 6.07) is 6.34. The lowest BCUT2D eigenvalue weighted by molar-refractivity contribution is 0.0586. The number of amides is 4. The molecule has 2 aliphatic heterocycles. The topological polar surface area (TPSA) is 117 Å². The van der Waals surface area contributed by atoms with Gasteiger partial charge in [-0.3, -0.25) is 34.0 Å². The highest BCUT2D eigenvalue weighted by Crippen LogP contribution is 2.37. The monoisotopic (exact) mass is 484 g/mol. The molecule has 10 nitrogen and oxygen atoms in total. The fourth-order valence-electron chi connectivity index (χ4n) is 4.74. The van der Waals surface area contributed by atoms with Crippen molar-refractivity contribution in [2.45, 2.75) is 19.4 Å². The van der Waals surface area contributed by atoms with Crippen molar-refractivity contribution in [2.24, 2.45) is 4.99 Å². The maximum absolute atomic E-state index is 13.3. The van der Waals surface area contributed by atoms with Crippen molar-refractivity contribution in [1.29, 1.82) is 0 Å². The zero-order valence-electron chi connectivity index (χ0n) is 19.5. The van der Waals surface area contributed by atoms with E-state index in [1.807, 2.05) is 10.8 Å². The Hall–Kier alpha value is -4.60. The minimum Gasteiger partial charge on any atom is -0.390 e. The standard InChI is InChI=1S/C26H24N6O4/c1-27-9-10-28-8-2-13-31-23(33)17-4-6-19-22-20(7-5-18(21(17)22)24(31)34)26(36)32(25(19)35)14-3-12-30-15-11-29-16-30/h4-7,9-11,15-16,28H,1-3,8,12-14H2/b10-9-. The van der Waals surface area contributed by atoms with Crippen LogP contribution >= 0.6 is 0 Å². The van der Waals surface area contributed by atoms with E-state index >= 15 is 0 Å². The predicted molar refractivity (Wildman–Crippen MR) is 133 cm³/mol. The van der Waals surface area contributed by atoms with Crippen LogP contribution in [0.1, 0.15) is 54.3 Å². The number of carbonyl (C=O) groups excluding carboxylic acids is 4. The number of hydrogen-bond acceptors (Lipinski definition) is 7. The summed E-state index contributed by atoms with van der Waals surface area (Å²) in [5, 5.41) is 3.78. The Bertz CT molecular complexity index is 1360. The van der Waals surface area contributed by atoms with E-state index in [4.69, 9.17) is 0 Å². The number of carbonyl (C=O) groups is 4. The Morgan fingerprint density at radius 1 is 0.806 bits per heavy atom. The fourth-order valence-corrected chi connectivity index (χ4v) is 4.74.